The van der Waals surface area contributed by atoms with Crippen LogP contribution in [-0.4, -0.2) is 11.9 Å². The molecule has 1 saturated carbocycles. The van der Waals surface area contributed by atoms with Crippen LogP contribution in [0.2, 0.25) is 0 Å². The van der Waals surface area contributed by atoms with E-state index in [-0.39, 0.29) is 5.91 Å². The van der Waals surface area contributed by atoms with Crippen molar-refractivity contribution in [3.05, 3.63) is 35.9 Å². The van der Waals surface area contributed by atoms with Gasteiger partial charge in [0, 0.05) is 6.04 Å². The van der Waals surface area contributed by atoms with Crippen molar-refractivity contribution in [1.29, 1.82) is 0 Å². The first-order chi connectivity index (χ1) is 7.13. The molecule has 0 aliphatic heterocycles. The van der Waals surface area contributed by atoms with Crippen molar-refractivity contribution in [3.8, 4) is 0 Å². The van der Waals surface area contributed by atoms with E-state index in [0.29, 0.717) is 6.04 Å². The zero-order valence-electron chi connectivity index (χ0n) is 8.86. The summed E-state index contributed by atoms with van der Waals surface area (Å²) >= 11 is 0. The minimum atomic E-state index is -0.734. The van der Waals surface area contributed by atoms with Gasteiger partial charge in [-0.25, -0.2) is 0 Å². The minimum Gasteiger partial charge on any atom is -0.368 e. The van der Waals surface area contributed by atoms with E-state index in [0.717, 1.165) is 18.4 Å². The van der Waals surface area contributed by atoms with E-state index in [4.69, 9.17) is 5.73 Å². The molecule has 1 aromatic rings. The van der Waals surface area contributed by atoms with Crippen LogP contribution in [0.3, 0.4) is 0 Å². The van der Waals surface area contributed by atoms with Crippen molar-refractivity contribution in [2.45, 2.75) is 31.3 Å². The number of rotatable bonds is 4. The zero-order chi connectivity index (χ0) is 10.9. The lowest BCUT2D eigenvalue weighted by Crippen LogP contribution is -2.51. The fourth-order valence-electron chi connectivity index (χ4n) is 1.70. The molecule has 1 aliphatic carbocycles. The Kier molecular flexibility index (Phi) is 2.49. The highest BCUT2D eigenvalue weighted by molar-refractivity contribution is 5.85. The Labute approximate surface area is 89.7 Å². The van der Waals surface area contributed by atoms with Crippen LogP contribution >= 0.6 is 0 Å². The summed E-state index contributed by atoms with van der Waals surface area (Å²) in [6.45, 7) is 1.85. The van der Waals surface area contributed by atoms with Gasteiger partial charge in [-0.2, -0.15) is 0 Å². The normalized spacial score (nSPS) is 19.5. The maximum Gasteiger partial charge on any atom is 0.242 e. The predicted octanol–water partition coefficient (Wildman–Crippen LogP) is 1.14. The summed E-state index contributed by atoms with van der Waals surface area (Å²) in [6, 6.07) is 10.1. The van der Waals surface area contributed by atoms with Gasteiger partial charge < -0.3 is 5.73 Å². The fourth-order valence-corrected chi connectivity index (χ4v) is 1.70. The van der Waals surface area contributed by atoms with Gasteiger partial charge in [-0.3, -0.25) is 10.1 Å². The number of hydrogen-bond donors (Lipinski definition) is 2. The van der Waals surface area contributed by atoms with Crippen molar-refractivity contribution in [1.82, 2.24) is 5.32 Å². The Hall–Kier alpha value is -1.35. The molecule has 0 radical (unpaired) electrons. The van der Waals surface area contributed by atoms with Gasteiger partial charge in [0.25, 0.3) is 0 Å². The Morgan fingerprint density at radius 1 is 1.40 bits per heavy atom. The molecule has 0 spiro atoms. The van der Waals surface area contributed by atoms with Crippen molar-refractivity contribution < 1.29 is 4.79 Å². The van der Waals surface area contributed by atoms with E-state index in [1.54, 1.807) is 0 Å². The summed E-state index contributed by atoms with van der Waals surface area (Å²) in [4.78, 5) is 11.5. The van der Waals surface area contributed by atoms with Crippen LogP contribution in [0.4, 0.5) is 0 Å². The molecule has 3 nitrogen and oxygen atoms in total. The van der Waals surface area contributed by atoms with E-state index >= 15 is 0 Å². The molecule has 1 amide bonds. The topological polar surface area (TPSA) is 55.1 Å². The summed E-state index contributed by atoms with van der Waals surface area (Å²) in [7, 11) is 0. The highest BCUT2D eigenvalue weighted by Crippen LogP contribution is 2.28. The van der Waals surface area contributed by atoms with Crippen LogP contribution in [0.1, 0.15) is 25.3 Å². The number of hydrogen-bond acceptors (Lipinski definition) is 2. The smallest absolute Gasteiger partial charge is 0.242 e. The van der Waals surface area contributed by atoms with E-state index in [1.807, 2.05) is 37.3 Å². The lowest BCUT2D eigenvalue weighted by molar-refractivity contribution is -0.124. The van der Waals surface area contributed by atoms with Gasteiger partial charge in [0.1, 0.15) is 5.54 Å². The van der Waals surface area contributed by atoms with E-state index in [1.165, 1.54) is 0 Å². The molecule has 1 unspecified atom stereocenters. The Morgan fingerprint density at radius 2 is 2.00 bits per heavy atom. The molecule has 1 atom stereocenters. The van der Waals surface area contributed by atoms with Crippen molar-refractivity contribution in [3.63, 3.8) is 0 Å². The minimum absolute atomic E-state index is 0.319. The second-order valence-electron chi connectivity index (χ2n) is 4.27. The van der Waals surface area contributed by atoms with Crippen LogP contribution in [0.5, 0.6) is 0 Å². The maximum absolute atomic E-state index is 11.5. The number of nitrogens with two attached hydrogens (primary N) is 1. The summed E-state index contributed by atoms with van der Waals surface area (Å²) in [5.41, 5.74) is 5.68. The predicted molar refractivity (Wildman–Crippen MR) is 59.1 cm³/mol. The number of primary amides is 1. The van der Waals surface area contributed by atoms with Crippen molar-refractivity contribution >= 4 is 5.91 Å². The molecule has 1 aromatic carbocycles. The molecular weight excluding hydrogens is 188 g/mol. The first kappa shape index (κ1) is 10.2. The summed E-state index contributed by atoms with van der Waals surface area (Å²) in [5.74, 6) is -0.319. The lowest BCUT2D eigenvalue weighted by atomic mass is 9.91. The molecule has 1 fully saturated rings. The Morgan fingerprint density at radius 3 is 2.47 bits per heavy atom. The molecule has 0 aromatic heterocycles. The molecule has 0 heterocycles. The van der Waals surface area contributed by atoms with Gasteiger partial charge in [-0.1, -0.05) is 30.3 Å². The Bertz CT molecular complexity index is 359. The second kappa shape index (κ2) is 3.66. The van der Waals surface area contributed by atoms with Crippen LogP contribution in [0, 0.1) is 0 Å². The van der Waals surface area contributed by atoms with Crippen molar-refractivity contribution in [2.24, 2.45) is 5.73 Å². The monoisotopic (exact) mass is 204 g/mol. The van der Waals surface area contributed by atoms with Gasteiger partial charge >= 0.3 is 0 Å². The van der Waals surface area contributed by atoms with Crippen molar-refractivity contribution in [2.75, 3.05) is 0 Å². The molecule has 2 rings (SSSR count). The molecule has 0 saturated heterocycles. The van der Waals surface area contributed by atoms with Crippen LogP contribution in [0.15, 0.2) is 30.3 Å². The van der Waals surface area contributed by atoms with Gasteiger partial charge in [0.2, 0.25) is 5.91 Å². The average Bonchev–Trinajstić information content (AvgIpc) is 3.02. The van der Waals surface area contributed by atoms with Gasteiger partial charge in [-0.05, 0) is 25.3 Å². The second-order valence-corrected chi connectivity index (χ2v) is 4.27. The van der Waals surface area contributed by atoms with Gasteiger partial charge in [0.05, 0.1) is 0 Å². The van der Waals surface area contributed by atoms with E-state index in [9.17, 15) is 4.79 Å². The van der Waals surface area contributed by atoms with Crippen LogP contribution in [0.25, 0.3) is 0 Å². The number of amides is 1. The molecule has 15 heavy (non-hydrogen) atoms. The first-order valence-corrected chi connectivity index (χ1v) is 5.26. The first-order valence-electron chi connectivity index (χ1n) is 5.26. The molecule has 3 heteroatoms. The molecule has 1 aliphatic rings. The Balaban J connectivity index is 2.28. The third-order valence-corrected chi connectivity index (χ3v) is 2.91. The van der Waals surface area contributed by atoms with E-state index < -0.39 is 5.54 Å². The molecular formula is C12H16N2O. The largest absolute Gasteiger partial charge is 0.368 e. The zero-order valence-corrected chi connectivity index (χ0v) is 8.86. The highest BCUT2D eigenvalue weighted by Gasteiger charge is 2.38. The number of carbonyl (C=O) groups is 1. The van der Waals surface area contributed by atoms with Crippen LogP contribution in [-0.2, 0) is 10.3 Å². The summed E-state index contributed by atoms with van der Waals surface area (Å²) < 4.78 is 0. The van der Waals surface area contributed by atoms with Gasteiger partial charge in [-0.15, -0.1) is 0 Å². The highest BCUT2D eigenvalue weighted by atomic mass is 16.1. The fraction of sp³-hybridized carbons (Fsp3) is 0.417. The maximum atomic E-state index is 11.5. The summed E-state index contributed by atoms with van der Waals surface area (Å²) in [6.07, 6.45) is 2.27. The average molecular weight is 204 g/mol. The standard InChI is InChI=1S/C12H16N2O/c1-12(11(13)15,14-10-7-8-10)9-5-3-2-4-6-9/h2-6,10,14H,7-8H2,1H3,(H2,13,15). The third kappa shape index (κ3) is 2.02. The quantitative estimate of drug-likeness (QED) is 0.772. The lowest BCUT2D eigenvalue weighted by Gasteiger charge is -2.28. The number of benzene rings is 1. The van der Waals surface area contributed by atoms with E-state index in [2.05, 4.69) is 5.32 Å². The SMILES string of the molecule is CC(NC1CC1)(C(N)=O)c1ccccc1. The van der Waals surface area contributed by atoms with Gasteiger partial charge in [0.15, 0.2) is 0 Å². The molecule has 80 valence electrons. The number of nitrogens with one attached hydrogen (secondary N) is 1. The molecule has 3 N–H and O–H groups in total. The van der Waals surface area contributed by atoms with Crippen LogP contribution < -0.4 is 11.1 Å². The third-order valence-electron chi connectivity index (χ3n) is 2.91. The summed E-state index contributed by atoms with van der Waals surface area (Å²) in [5, 5.41) is 3.31. The molecule has 0 bridgehead atoms. The number of carbonyl (C=O) groups excluding carboxylic acids is 1.